The van der Waals surface area contributed by atoms with E-state index in [9.17, 15) is 47.8 Å². The van der Waals surface area contributed by atoms with Gasteiger partial charge in [-0.3, -0.25) is 18.9 Å². The minimum absolute atomic E-state index is 0.0780. The lowest BCUT2D eigenvalue weighted by atomic mass is 9.64. The fourth-order valence-electron chi connectivity index (χ4n) is 4.36. The number of primary amides is 1. The highest BCUT2D eigenvalue weighted by atomic mass is 35.5. The van der Waals surface area contributed by atoms with E-state index in [0.29, 0.717) is 0 Å². The van der Waals surface area contributed by atoms with Gasteiger partial charge in [-0.2, -0.15) is 8.42 Å². The monoisotopic (exact) mass is 483 g/mol. The summed E-state index contributed by atoms with van der Waals surface area (Å²) in [7, 11) is -4.98. The van der Waals surface area contributed by atoms with Crippen LogP contribution in [0.25, 0.3) is 10.8 Å². The van der Waals surface area contributed by atoms with Gasteiger partial charge in [-0.15, -0.1) is 0 Å². The standard InChI is InChI=1S/C19H14ClNO10S/c20-8-4-10(32(29,30)31)14(23)12-7(8)2-5-1-6-3-9(22)13(18(21)27)17(26)19(6,28)16(25)11(5)15(12)24/h2,4,6,23-24,26,28H,1,3H2,(H2,21,27)(H,29,30,31)/t6-,19-/m0/s1. The molecule has 168 valence electrons. The second-order valence-corrected chi connectivity index (χ2v) is 9.37. The van der Waals surface area contributed by atoms with Crippen molar-refractivity contribution in [3.8, 4) is 11.5 Å². The molecule has 11 nitrogen and oxygen atoms in total. The Morgan fingerprint density at radius 3 is 2.31 bits per heavy atom. The first-order valence-electron chi connectivity index (χ1n) is 8.92. The maximum absolute atomic E-state index is 13.3. The normalized spacial score (nSPS) is 23.3. The van der Waals surface area contributed by atoms with Gasteiger partial charge in [0.2, 0.25) is 5.78 Å². The molecular weight excluding hydrogens is 470 g/mol. The molecule has 0 heterocycles. The zero-order valence-electron chi connectivity index (χ0n) is 15.8. The minimum atomic E-state index is -4.98. The van der Waals surface area contributed by atoms with Crippen molar-refractivity contribution in [1.29, 1.82) is 0 Å². The minimum Gasteiger partial charge on any atom is -0.508 e. The van der Waals surface area contributed by atoms with E-state index in [1.165, 1.54) is 6.07 Å². The number of nitrogens with two attached hydrogens (primary N) is 1. The van der Waals surface area contributed by atoms with Crippen LogP contribution in [-0.2, 0) is 26.1 Å². The predicted molar refractivity (Wildman–Crippen MR) is 107 cm³/mol. The smallest absolute Gasteiger partial charge is 0.298 e. The van der Waals surface area contributed by atoms with Gasteiger partial charge in [0, 0.05) is 17.7 Å². The number of ketones is 2. The second kappa shape index (κ2) is 6.65. The summed E-state index contributed by atoms with van der Waals surface area (Å²) in [6.45, 7) is 0. The Morgan fingerprint density at radius 2 is 1.75 bits per heavy atom. The Hall–Kier alpha value is -3.19. The number of fused-ring (bicyclic) bond motifs is 3. The van der Waals surface area contributed by atoms with E-state index in [0.717, 1.165) is 6.07 Å². The lowest BCUT2D eigenvalue weighted by molar-refractivity contribution is -0.125. The number of phenolic OH excluding ortho intramolecular Hbond substituents is 2. The molecule has 2 aliphatic carbocycles. The lowest BCUT2D eigenvalue weighted by Crippen LogP contribution is -2.56. The summed E-state index contributed by atoms with van der Waals surface area (Å²) in [5.41, 5.74) is 0.849. The fourth-order valence-corrected chi connectivity index (χ4v) is 5.30. The van der Waals surface area contributed by atoms with Crippen molar-refractivity contribution in [1.82, 2.24) is 0 Å². The number of aromatic hydroxyl groups is 2. The number of hydrogen-bond acceptors (Lipinski definition) is 9. The van der Waals surface area contributed by atoms with Crippen molar-refractivity contribution >= 4 is 50.0 Å². The number of rotatable bonds is 2. The van der Waals surface area contributed by atoms with Crippen molar-refractivity contribution in [2.45, 2.75) is 23.3 Å². The summed E-state index contributed by atoms with van der Waals surface area (Å²) in [6, 6.07) is 1.99. The second-order valence-electron chi connectivity index (χ2n) is 7.57. The predicted octanol–water partition coefficient (Wildman–Crippen LogP) is 0.507. The largest absolute Gasteiger partial charge is 0.508 e. The lowest BCUT2D eigenvalue weighted by Gasteiger charge is -2.41. The molecule has 2 atom stereocenters. The number of aliphatic hydroxyl groups is 2. The maximum Gasteiger partial charge on any atom is 0.298 e. The van der Waals surface area contributed by atoms with E-state index in [2.05, 4.69) is 0 Å². The van der Waals surface area contributed by atoms with Crippen LogP contribution in [0, 0.1) is 5.92 Å². The third-order valence-corrected chi connectivity index (χ3v) is 7.01. The molecule has 0 bridgehead atoms. The molecule has 0 unspecified atom stereocenters. The SMILES string of the molecule is NC(=O)C1=C(O)[C@@]2(O)C(=O)c3c(cc4c(Cl)cc(S(=O)(=O)O)c(O)c4c3O)C[C@H]2CC1=O. The Labute approximate surface area is 184 Å². The summed E-state index contributed by atoms with van der Waals surface area (Å²) in [6.07, 6.45) is -0.746. The van der Waals surface area contributed by atoms with Crippen molar-refractivity contribution < 1.29 is 47.8 Å². The van der Waals surface area contributed by atoms with E-state index in [1.807, 2.05) is 0 Å². The summed E-state index contributed by atoms with van der Waals surface area (Å²) >= 11 is 6.07. The average molecular weight is 484 g/mol. The molecule has 4 rings (SSSR count). The number of Topliss-reactive ketones (excluding diaryl/α,β-unsaturated/α-hetero) is 2. The number of carbonyl (C=O) groups is 3. The van der Waals surface area contributed by atoms with Crippen LogP contribution >= 0.6 is 11.6 Å². The van der Waals surface area contributed by atoms with Gasteiger partial charge in [0.15, 0.2) is 11.4 Å². The Kier molecular flexibility index (Phi) is 4.58. The number of aliphatic hydroxyl groups excluding tert-OH is 1. The van der Waals surface area contributed by atoms with E-state index >= 15 is 0 Å². The molecule has 7 N–H and O–H groups in total. The molecule has 0 aliphatic heterocycles. The molecule has 1 amide bonds. The van der Waals surface area contributed by atoms with Gasteiger partial charge >= 0.3 is 0 Å². The van der Waals surface area contributed by atoms with Gasteiger partial charge in [0.1, 0.15) is 27.7 Å². The van der Waals surface area contributed by atoms with E-state index in [4.69, 9.17) is 17.3 Å². The third-order valence-electron chi connectivity index (χ3n) is 5.83. The molecule has 32 heavy (non-hydrogen) atoms. The highest BCUT2D eigenvalue weighted by Crippen LogP contribution is 2.50. The topological polar surface area (TPSA) is 213 Å². The summed E-state index contributed by atoms with van der Waals surface area (Å²) in [5.74, 6) is -8.09. The van der Waals surface area contributed by atoms with Gasteiger partial charge in [-0.05, 0) is 24.1 Å². The third kappa shape index (κ3) is 2.73. The first kappa shape index (κ1) is 22.0. The Balaban J connectivity index is 2.08. The molecule has 13 heteroatoms. The molecule has 0 aromatic heterocycles. The fraction of sp³-hybridized carbons (Fsp3) is 0.211. The van der Waals surface area contributed by atoms with Gasteiger partial charge in [0.25, 0.3) is 16.0 Å². The van der Waals surface area contributed by atoms with Crippen molar-refractivity contribution in [2.24, 2.45) is 11.7 Å². The van der Waals surface area contributed by atoms with E-state index in [-0.39, 0.29) is 22.4 Å². The van der Waals surface area contributed by atoms with E-state index < -0.39 is 84.2 Å². The molecular formula is C19H14ClNO10S. The Bertz CT molecular complexity index is 1430. The first-order valence-corrected chi connectivity index (χ1v) is 10.7. The number of hydrogen-bond donors (Lipinski definition) is 6. The number of phenols is 2. The highest BCUT2D eigenvalue weighted by Gasteiger charge is 2.58. The molecule has 2 aromatic rings. The number of amides is 1. The van der Waals surface area contributed by atoms with Crippen LogP contribution in [0.15, 0.2) is 28.4 Å². The quantitative estimate of drug-likeness (QED) is 0.257. The highest BCUT2D eigenvalue weighted by molar-refractivity contribution is 7.86. The molecule has 2 aromatic carbocycles. The zero-order chi connectivity index (χ0) is 23.9. The van der Waals surface area contributed by atoms with Crippen LogP contribution in [0.2, 0.25) is 5.02 Å². The van der Waals surface area contributed by atoms with Crippen molar-refractivity contribution in [3.63, 3.8) is 0 Å². The average Bonchev–Trinajstić information content (AvgIpc) is 2.66. The summed E-state index contributed by atoms with van der Waals surface area (Å²) in [4.78, 5) is 36.0. The Morgan fingerprint density at radius 1 is 1.12 bits per heavy atom. The van der Waals surface area contributed by atoms with Gasteiger partial charge in [-0.25, -0.2) is 0 Å². The van der Waals surface area contributed by atoms with Gasteiger partial charge in [0.05, 0.1) is 16.0 Å². The first-order chi connectivity index (χ1) is 14.7. The van der Waals surface area contributed by atoms with Crippen LogP contribution in [0.3, 0.4) is 0 Å². The van der Waals surface area contributed by atoms with Crippen molar-refractivity contribution in [3.05, 3.63) is 39.6 Å². The molecule has 0 saturated carbocycles. The molecule has 0 radical (unpaired) electrons. The van der Waals surface area contributed by atoms with E-state index in [1.54, 1.807) is 0 Å². The summed E-state index contributed by atoms with van der Waals surface area (Å²) < 4.78 is 32.4. The summed E-state index contributed by atoms with van der Waals surface area (Å²) in [5, 5.41) is 41.7. The molecule has 0 saturated heterocycles. The number of halogens is 1. The van der Waals surface area contributed by atoms with Gasteiger partial charge < -0.3 is 26.2 Å². The van der Waals surface area contributed by atoms with Crippen molar-refractivity contribution in [2.75, 3.05) is 0 Å². The molecule has 2 aliphatic rings. The van der Waals surface area contributed by atoms with Crippen LogP contribution in [0.5, 0.6) is 11.5 Å². The number of carbonyl (C=O) groups excluding carboxylic acids is 3. The maximum atomic E-state index is 13.3. The molecule has 0 fully saturated rings. The van der Waals surface area contributed by atoms with Crippen LogP contribution in [-0.4, -0.2) is 56.5 Å². The number of benzene rings is 2. The van der Waals surface area contributed by atoms with Crippen LogP contribution in [0.4, 0.5) is 0 Å². The van der Waals surface area contributed by atoms with Crippen LogP contribution < -0.4 is 5.73 Å². The van der Waals surface area contributed by atoms with Crippen LogP contribution in [0.1, 0.15) is 22.3 Å². The molecule has 0 spiro atoms. The zero-order valence-corrected chi connectivity index (χ0v) is 17.4. The van der Waals surface area contributed by atoms with Gasteiger partial charge in [-0.1, -0.05) is 11.6 Å².